The van der Waals surface area contributed by atoms with Crippen LogP contribution >= 0.6 is 34.4 Å². The molecule has 2 N–H and O–H groups in total. The molecule has 20 heavy (non-hydrogen) atoms. The maximum atomic E-state index is 11.8. The van der Waals surface area contributed by atoms with Gasteiger partial charge in [0.25, 0.3) is 0 Å². The van der Waals surface area contributed by atoms with Crippen molar-refractivity contribution in [1.29, 1.82) is 0 Å². The number of benzene rings is 1. The van der Waals surface area contributed by atoms with Crippen LogP contribution in [0.5, 0.6) is 0 Å². The van der Waals surface area contributed by atoms with Crippen molar-refractivity contribution in [2.45, 2.75) is 11.4 Å². The monoisotopic (exact) mass is 406 g/mol. The van der Waals surface area contributed by atoms with Gasteiger partial charge in [-0.15, -0.1) is 0 Å². The lowest BCUT2D eigenvalue weighted by Crippen LogP contribution is -2.33. The van der Waals surface area contributed by atoms with Crippen LogP contribution in [-0.4, -0.2) is 16.9 Å². The van der Waals surface area contributed by atoms with Crippen LogP contribution in [0.3, 0.4) is 0 Å². The second kappa shape index (κ2) is 6.93. The summed E-state index contributed by atoms with van der Waals surface area (Å²) in [6, 6.07) is 7.56. The van der Waals surface area contributed by atoms with Gasteiger partial charge in [0.1, 0.15) is 0 Å². The quantitative estimate of drug-likeness (QED) is 0.449. The predicted molar refractivity (Wildman–Crippen MR) is 83.6 cm³/mol. The number of halogens is 1. The first-order valence-electron chi connectivity index (χ1n) is 5.82. The molecule has 0 unspecified atom stereocenters. The fourth-order valence-corrected chi connectivity index (χ4v) is 2.72. The van der Waals surface area contributed by atoms with E-state index < -0.39 is 5.63 Å². The first kappa shape index (κ1) is 15.1. The summed E-state index contributed by atoms with van der Waals surface area (Å²) in [4.78, 5) is 23.1. The Morgan fingerprint density at radius 3 is 2.75 bits per heavy atom. The first-order valence-corrected chi connectivity index (χ1v) is 7.88. The van der Waals surface area contributed by atoms with E-state index in [2.05, 4.69) is 37.7 Å². The fourth-order valence-electron chi connectivity index (χ4n) is 1.48. The van der Waals surface area contributed by atoms with Gasteiger partial charge in [0, 0.05) is 21.4 Å². The maximum Gasteiger partial charge on any atom is 0.441 e. The molecule has 0 saturated heterocycles. The average Bonchev–Trinajstić information content (AvgIpc) is 2.73. The number of anilines is 1. The van der Waals surface area contributed by atoms with Gasteiger partial charge in [0.05, 0.1) is 0 Å². The molecule has 0 saturated carbocycles. The number of hydrogen-bond donors (Lipinski definition) is 2. The standard InChI is InChI=1S/C12H12IN3O3S/c1-16-11(12(18)19-15-16)20-7-6-10(17)14-9-4-2-8(13)3-5-9/h2-5H,6-7H2,1H3,(H-,14,15,17,18)/p+1. The zero-order valence-electron chi connectivity index (χ0n) is 10.7. The van der Waals surface area contributed by atoms with Gasteiger partial charge in [-0.3, -0.25) is 9.32 Å². The van der Waals surface area contributed by atoms with E-state index in [0.717, 1.165) is 9.26 Å². The predicted octanol–water partition coefficient (Wildman–Crippen LogP) is 1.52. The Morgan fingerprint density at radius 1 is 1.45 bits per heavy atom. The third-order valence-electron chi connectivity index (χ3n) is 2.45. The SMILES string of the molecule is C[n+]1[nH]oc(=O)c1SCCC(=O)Nc1ccc(I)cc1. The summed E-state index contributed by atoms with van der Waals surface area (Å²) in [5, 5.41) is 5.68. The normalized spacial score (nSPS) is 10.5. The third-order valence-corrected chi connectivity index (χ3v) is 4.29. The molecule has 2 rings (SSSR count). The van der Waals surface area contributed by atoms with Crippen molar-refractivity contribution in [3.63, 3.8) is 0 Å². The van der Waals surface area contributed by atoms with Gasteiger partial charge in [-0.05, 0) is 63.9 Å². The van der Waals surface area contributed by atoms with Crippen LogP contribution in [0.4, 0.5) is 5.69 Å². The Balaban J connectivity index is 1.81. The number of aryl methyl sites for hydroxylation is 1. The number of thioether (sulfide) groups is 1. The van der Waals surface area contributed by atoms with E-state index in [1.54, 1.807) is 7.05 Å². The van der Waals surface area contributed by atoms with Crippen molar-refractivity contribution < 1.29 is 14.0 Å². The summed E-state index contributed by atoms with van der Waals surface area (Å²) in [5.74, 6) is 0.424. The van der Waals surface area contributed by atoms with Gasteiger partial charge in [0.15, 0.2) is 7.05 Å². The number of hydrogen-bond acceptors (Lipinski definition) is 4. The molecule has 8 heteroatoms. The molecule has 106 valence electrons. The van der Waals surface area contributed by atoms with Crippen LogP contribution in [0.15, 0.2) is 38.6 Å². The van der Waals surface area contributed by atoms with E-state index in [1.807, 2.05) is 24.3 Å². The molecular weight excluding hydrogens is 393 g/mol. The highest BCUT2D eigenvalue weighted by Gasteiger charge is 2.17. The number of nitrogens with one attached hydrogen (secondary N) is 2. The lowest BCUT2D eigenvalue weighted by molar-refractivity contribution is -0.772. The van der Waals surface area contributed by atoms with Crippen LogP contribution in [0, 0.1) is 3.57 Å². The lowest BCUT2D eigenvalue weighted by atomic mass is 10.3. The van der Waals surface area contributed by atoms with Gasteiger partial charge in [-0.25, -0.2) is 4.79 Å². The number of carbonyl (C=O) groups excluding carboxylic acids is 1. The second-order valence-electron chi connectivity index (χ2n) is 4.00. The molecule has 1 heterocycles. The lowest BCUT2D eigenvalue weighted by Gasteiger charge is -2.04. The third kappa shape index (κ3) is 4.10. The molecule has 1 aromatic heterocycles. The summed E-state index contributed by atoms with van der Waals surface area (Å²) >= 11 is 3.49. The highest BCUT2D eigenvalue weighted by atomic mass is 127. The van der Waals surface area contributed by atoms with Crippen LogP contribution in [0.2, 0.25) is 0 Å². The first-order chi connectivity index (χ1) is 9.56. The minimum Gasteiger partial charge on any atom is -0.326 e. The van der Waals surface area contributed by atoms with Crippen molar-refractivity contribution in [2.24, 2.45) is 7.05 Å². The number of rotatable bonds is 5. The van der Waals surface area contributed by atoms with Crippen molar-refractivity contribution >= 4 is 45.9 Å². The number of amides is 1. The molecule has 0 aliphatic rings. The Bertz CT molecular complexity index is 651. The molecule has 0 aliphatic carbocycles. The van der Waals surface area contributed by atoms with Gasteiger partial charge in [-0.2, -0.15) is 0 Å². The van der Waals surface area contributed by atoms with E-state index in [4.69, 9.17) is 0 Å². The number of H-pyrrole nitrogens is 1. The summed E-state index contributed by atoms with van der Waals surface area (Å²) in [6.07, 6.45) is 0.321. The Hall–Kier alpha value is -1.29. The van der Waals surface area contributed by atoms with Crippen LogP contribution in [0.25, 0.3) is 0 Å². The minimum absolute atomic E-state index is 0.0821. The molecule has 2 aromatic rings. The highest BCUT2D eigenvalue weighted by molar-refractivity contribution is 14.1. The minimum atomic E-state index is -0.421. The molecule has 6 nitrogen and oxygen atoms in total. The van der Waals surface area contributed by atoms with Crippen LogP contribution < -0.4 is 15.6 Å². The Kier molecular flexibility index (Phi) is 5.24. The number of aromatic nitrogens is 2. The molecule has 0 spiro atoms. The summed E-state index contributed by atoms with van der Waals surface area (Å²) in [5.41, 5.74) is 0.350. The molecule has 0 atom stereocenters. The fraction of sp³-hybridized carbons (Fsp3) is 0.250. The molecular formula is C12H13IN3O3S+. The topological polar surface area (TPSA) is 79.0 Å². The van der Waals surface area contributed by atoms with Gasteiger partial charge < -0.3 is 5.32 Å². The van der Waals surface area contributed by atoms with Gasteiger partial charge in [0.2, 0.25) is 5.91 Å². The smallest absolute Gasteiger partial charge is 0.326 e. The van der Waals surface area contributed by atoms with Gasteiger partial charge >= 0.3 is 10.7 Å². The molecule has 0 radical (unpaired) electrons. The number of nitrogens with zero attached hydrogens (tertiary/aromatic N) is 1. The molecule has 1 amide bonds. The number of aromatic amines is 1. The summed E-state index contributed by atoms with van der Waals surface area (Å²) in [6.45, 7) is 0. The molecule has 0 bridgehead atoms. The van der Waals surface area contributed by atoms with Crippen LogP contribution in [0.1, 0.15) is 6.42 Å². The zero-order chi connectivity index (χ0) is 14.5. The number of carbonyl (C=O) groups is 1. The van der Waals surface area contributed by atoms with E-state index in [1.165, 1.54) is 16.4 Å². The Labute approximate surface area is 133 Å². The largest absolute Gasteiger partial charge is 0.441 e. The summed E-state index contributed by atoms with van der Waals surface area (Å²) in [7, 11) is 1.68. The van der Waals surface area contributed by atoms with E-state index >= 15 is 0 Å². The van der Waals surface area contributed by atoms with E-state index in [-0.39, 0.29) is 5.91 Å². The zero-order valence-corrected chi connectivity index (χ0v) is 13.7. The second-order valence-corrected chi connectivity index (χ2v) is 6.33. The van der Waals surface area contributed by atoms with Crippen molar-refractivity contribution in [3.05, 3.63) is 38.3 Å². The average molecular weight is 406 g/mol. The van der Waals surface area contributed by atoms with Crippen LogP contribution in [-0.2, 0) is 11.8 Å². The molecule has 0 fully saturated rings. The molecule has 1 aromatic carbocycles. The maximum absolute atomic E-state index is 11.8. The summed E-state index contributed by atoms with van der Waals surface area (Å²) < 4.78 is 7.22. The van der Waals surface area contributed by atoms with Crippen molar-refractivity contribution in [3.8, 4) is 0 Å². The Morgan fingerprint density at radius 2 is 2.15 bits per heavy atom. The van der Waals surface area contributed by atoms with Crippen molar-refractivity contribution in [2.75, 3.05) is 11.1 Å². The highest BCUT2D eigenvalue weighted by Crippen LogP contribution is 2.13. The van der Waals surface area contributed by atoms with Crippen molar-refractivity contribution in [1.82, 2.24) is 5.27 Å². The molecule has 0 aliphatic heterocycles. The van der Waals surface area contributed by atoms with Gasteiger partial charge in [-0.1, -0.05) is 4.68 Å². The van der Waals surface area contributed by atoms with E-state index in [0.29, 0.717) is 17.2 Å². The van der Waals surface area contributed by atoms with E-state index in [9.17, 15) is 9.59 Å².